The lowest BCUT2D eigenvalue weighted by Crippen LogP contribution is -2.21. The van der Waals surface area contributed by atoms with Gasteiger partial charge in [-0.15, -0.1) is 26.3 Å². The van der Waals surface area contributed by atoms with Gasteiger partial charge in [0.2, 0.25) is 6.41 Å². The number of allylic oxidation sites excluding steroid dienone is 2. The van der Waals surface area contributed by atoms with Crippen LogP contribution >= 0.6 is 0 Å². The summed E-state index contributed by atoms with van der Waals surface area (Å²) in [4.78, 5) is 19.7. The molecule has 0 aromatic carbocycles. The Bertz CT molecular complexity index is 195. The van der Waals surface area contributed by atoms with Gasteiger partial charge in [0.1, 0.15) is 6.79 Å². The van der Waals surface area contributed by atoms with Crippen LogP contribution in [0.1, 0.15) is 26.7 Å². The molecule has 3 nitrogen and oxygen atoms in total. The van der Waals surface area contributed by atoms with Crippen molar-refractivity contribution in [3.63, 3.8) is 0 Å². The number of nitrogens with zero attached hydrogens (tertiary/aromatic N) is 1. The molecule has 0 aliphatic heterocycles. The minimum atomic E-state index is 0.593. The van der Waals surface area contributed by atoms with Gasteiger partial charge in [0.15, 0.2) is 0 Å². The molecule has 0 N–H and O–H groups in total. The van der Waals surface area contributed by atoms with Crippen molar-refractivity contribution < 1.29 is 9.59 Å². The Balaban J connectivity index is -0.0000000944. The van der Waals surface area contributed by atoms with Gasteiger partial charge in [-0.3, -0.25) is 4.79 Å². The fourth-order valence-electron chi connectivity index (χ4n) is 0.492. The summed E-state index contributed by atoms with van der Waals surface area (Å²) in [7, 11) is 0. The zero-order chi connectivity index (χ0) is 15.9. The minimum absolute atomic E-state index is 0.593. The number of amides is 1. The fourth-order valence-corrected chi connectivity index (χ4v) is 0.492. The maximum Gasteiger partial charge on any atom is 0.210 e. The lowest BCUT2D eigenvalue weighted by atomic mass is 10.5. The molecule has 1 amide bonds. The van der Waals surface area contributed by atoms with E-state index in [2.05, 4.69) is 40.2 Å². The predicted molar refractivity (Wildman–Crippen MR) is 86.1 cm³/mol. The lowest BCUT2D eigenvalue weighted by Gasteiger charge is -2.10. The molecule has 0 saturated carbocycles. The highest BCUT2D eigenvalue weighted by Crippen LogP contribution is 1.81. The van der Waals surface area contributed by atoms with E-state index in [9.17, 15) is 4.79 Å². The topological polar surface area (TPSA) is 37.4 Å². The van der Waals surface area contributed by atoms with E-state index in [4.69, 9.17) is 4.79 Å². The van der Waals surface area contributed by atoms with E-state index in [1.165, 1.54) is 0 Å². The Labute approximate surface area is 119 Å². The second kappa shape index (κ2) is 36.0. The third-order valence-electron chi connectivity index (χ3n) is 1.45. The molecule has 0 aromatic rings. The average Bonchev–Trinajstić information content (AvgIpc) is 2.49. The molecule has 0 bridgehead atoms. The number of carbonyl (C=O) groups excluding carboxylic acids is 2. The Morgan fingerprint density at radius 2 is 1.05 bits per heavy atom. The lowest BCUT2D eigenvalue weighted by molar-refractivity contribution is -0.117. The molecule has 19 heavy (non-hydrogen) atoms. The van der Waals surface area contributed by atoms with Crippen LogP contribution in [0, 0.1) is 0 Å². The van der Waals surface area contributed by atoms with Crippen molar-refractivity contribution in [1.29, 1.82) is 0 Å². The van der Waals surface area contributed by atoms with Crippen LogP contribution in [0.3, 0.4) is 0 Å². The summed E-state index contributed by atoms with van der Waals surface area (Å²) in [6.45, 7) is 21.3. The van der Waals surface area contributed by atoms with Crippen LogP contribution in [-0.2, 0) is 9.59 Å². The van der Waals surface area contributed by atoms with Crippen molar-refractivity contribution in [2.45, 2.75) is 26.7 Å². The Kier molecular flexibility index (Phi) is 48.9. The molecule has 0 spiro atoms. The van der Waals surface area contributed by atoms with E-state index in [0.717, 1.165) is 19.3 Å². The molecule has 110 valence electrons. The second-order valence-corrected chi connectivity index (χ2v) is 3.03. The Hall–Kier alpha value is -1.90. The SMILES string of the molecule is C=CCC.C=CCC.C=CCN(C=O)CC=C.C=O. The third kappa shape index (κ3) is 48.8. The third-order valence-corrected chi connectivity index (χ3v) is 1.45. The van der Waals surface area contributed by atoms with Gasteiger partial charge < -0.3 is 9.69 Å². The molecule has 0 atom stereocenters. The van der Waals surface area contributed by atoms with Crippen LogP contribution < -0.4 is 0 Å². The maximum atomic E-state index is 10.1. The molecular formula is C16H29NO2. The molecule has 0 rings (SSSR count). The van der Waals surface area contributed by atoms with E-state index in [1.54, 1.807) is 17.1 Å². The monoisotopic (exact) mass is 267 g/mol. The van der Waals surface area contributed by atoms with Crippen LogP contribution in [0.5, 0.6) is 0 Å². The first kappa shape index (κ1) is 25.8. The minimum Gasteiger partial charge on any atom is -0.338 e. The van der Waals surface area contributed by atoms with Crippen molar-refractivity contribution in [2.75, 3.05) is 13.1 Å². The van der Waals surface area contributed by atoms with Crippen molar-refractivity contribution in [2.24, 2.45) is 0 Å². The van der Waals surface area contributed by atoms with Crippen molar-refractivity contribution in [1.82, 2.24) is 4.90 Å². The van der Waals surface area contributed by atoms with Crippen molar-refractivity contribution >= 4 is 13.2 Å². The molecular weight excluding hydrogens is 238 g/mol. The summed E-state index contributed by atoms with van der Waals surface area (Å²) in [5.74, 6) is 0. The molecule has 0 aliphatic carbocycles. The summed E-state index contributed by atoms with van der Waals surface area (Å²) in [6, 6.07) is 0. The molecule has 3 heteroatoms. The van der Waals surface area contributed by atoms with Gasteiger partial charge in [-0.05, 0) is 12.8 Å². The largest absolute Gasteiger partial charge is 0.338 e. The summed E-state index contributed by atoms with van der Waals surface area (Å²) in [6.07, 6.45) is 10.1. The smallest absolute Gasteiger partial charge is 0.210 e. The van der Waals surface area contributed by atoms with E-state index in [1.807, 2.05) is 18.9 Å². The van der Waals surface area contributed by atoms with E-state index < -0.39 is 0 Å². The summed E-state index contributed by atoms with van der Waals surface area (Å²) in [5.41, 5.74) is 0. The average molecular weight is 267 g/mol. The first-order valence-electron chi connectivity index (χ1n) is 6.10. The van der Waals surface area contributed by atoms with Crippen LogP contribution in [-0.4, -0.2) is 31.2 Å². The highest BCUT2D eigenvalue weighted by Gasteiger charge is 1.91. The molecule has 0 radical (unpaired) electrons. The van der Waals surface area contributed by atoms with E-state index in [-0.39, 0.29) is 0 Å². The number of hydrogen-bond acceptors (Lipinski definition) is 2. The summed E-state index contributed by atoms with van der Waals surface area (Å²) in [5, 5.41) is 0. The maximum absolute atomic E-state index is 10.1. The summed E-state index contributed by atoms with van der Waals surface area (Å²) >= 11 is 0. The first-order chi connectivity index (χ1) is 9.17. The molecule has 0 saturated heterocycles. The molecule has 0 unspecified atom stereocenters. The number of carbonyl (C=O) groups is 2. The molecule has 0 heterocycles. The predicted octanol–water partition coefficient (Wildman–Crippen LogP) is 3.80. The molecule has 0 fully saturated rings. The van der Waals surface area contributed by atoms with Crippen LogP contribution in [0.2, 0.25) is 0 Å². The summed E-state index contributed by atoms with van der Waals surface area (Å²) < 4.78 is 0. The quantitative estimate of drug-likeness (QED) is 0.520. The van der Waals surface area contributed by atoms with Crippen molar-refractivity contribution in [3.05, 3.63) is 50.6 Å². The van der Waals surface area contributed by atoms with Crippen LogP contribution in [0.15, 0.2) is 50.6 Å². The van der Waals surface area contributed by atoms with Crippen molar-refractivity contribution in [3.8, 4) is 0 Å². The van der Waals surface area contributed by atoms with Crippen LogP contribution in [0.25, 0.3) is 0 Å². The van der Waals surface area contributed by atoms with Gasteiger partial charge in [0.25, 0.3) is 0 Å². The highest BCUT2D eigenvalue weighted by molar-refractivity contribution is 5.47. The van der Waals surface area contributed by atoms with Crippen LogP contribution in [0.4, 0.5) is 0 Å². The van der Waals surface area contributed by atoms with E-state index in [0.29, 0.717) is 13.1 Å². The number of hydrogen-bond donors (Lipinski definition) is 0. The van der Waals surface area contributed by atoms with Gasteiger partial charge in [-0.25, -0.2) is 0 Å². The second-order valence-electron chi connectivity index (χ2n) is 3.03. The molecule has 0 aromatic heterocycles. The Morgan fingerprint density at radius 1 is 0.789 bits per heavy atom. The zero-order valence-corrected chi connectivity index (χ0v) is 12.5. The van der Waals surface area contributed by atoms with E-state index >= 15 is 0 Å². The van der Waals surface area contributed by atoms with Gasteiger partial charge in [0.05, 0.1) is 0 Å². The van der Waals surface area contributed by atoms with Gasteiger partial charge in [-0.2, -0.15) is 0 Å². The normalized spacial score (nSPS) is 6.63. The Morgan fingerprint density at radius 3 is 1.16 bits per heavy atom. The first-order valence-corrected chi connectivity index (χ1v) is 6.10. The highest BCUT2D eigenvalue weighted by atomic mass is 16.1. The molecule has 0 aliphatic rings. The zero-order valence-electron chi connectivity index (χ0n) is 12.5. The standard InChI is InChI=1S/C7H11NO.2C4H8.CH2O/c1-3-5-8(7-9)6-4-2;2*1-3-4-2;1-2/h3-4,7H,1-2,5-6H2;2*3H,1,4H2,2H3;1H2. The van der Waals surface area contributed by atoms with Gasteiger partial charge >= 0.3 is 0 Å². The number of rotatable bonds is 7. The van der Waals surface area contributed by atoms with Gasteiger partial charge in [-0.1, -0.05) is 38.2 Å². The fraction of sp³-hybridized carbons (Fsp3) is 0.375. The van der Waals surface area contributed by atoms with Gasteiger partial charge in [0, 0.05) is 13.1 Å².